The predicted octanol–water partition coefficient (Wildman–Crippen LogP) is 0.789. The van der Waals surface area contributed by atoms with Crippen LogP contribution in [0.25, 0.3) is 11.1 Å². The fourth-order valence-corrected chi connectivity index (χ4v) is 2.14. The highest BCUT2D eigenvalue weighted by Gasteiger charge is 2.25. The maximum Gasteiger partial charge on any atom is 0.251 e. The van der Waals surface area contributed by atoms with Crippen molar-refractivity contribution in [1.82, 2.24) is 10.3 Å². The second-order valence-corrected chi connectivity index (χ2v) is 5.14. The minimum absolute atomic E-state index is 0.356. The highest BCUT2D eigenvalue weighted by molar-refractivity contribution is 5.98. The molecule has 3 N–H and O–H groups in total. The summed E-state index contributed by atoms with van der Waals surface area (Å²) in [7, 11) is 0. The molecule has 0 bridgehead atoms. The first kappa shape index (κ1) is 16.8. The Morgan fingerprint density at radius 3 is 2.39 bits per heavy atom. The molecule has 120 valence electrons. The molecule has 0 unspecified atom stereocenters. The number of carbonyl (C=O) groups excluding carboxylic acids is 2. The van der Waals surface area contributed by atoms with E-state index in [0.717, 1.165) is 11.1 Å². The van der Waals surface area contributed by atoms with Gasteiger partial charge in [-0.05, 0) is 36.2 Å². The van der Waals surface area contributed by atoms with Gasteiger partial charge in [-0.1, -0.05) is 18.2 Å². The summed E-state index contributed by atoms with van der Waals surface area (Å²) >= 11 is 0. The number of aliphatic hydroxyl groups excluding tert-OH is 2. The Kier molecular flexibility index (Phi) is 5.56. The summed E-state index contributed by atoms with van der Waals surface area (Å²) < 4.78 is 0. The molecule has 1 amide bonds. The summed E-state index contributed by atoms with van der Waals surface area (Å²) in [6.45, 7) is 0.639. The highest BCUT2D eigenvalue weighted by atomic mass is 16.3. The maximum atomic E-state index is 12.2. The van der Waals surface area contributed by atoms with Crippen molar-refractivity contribution in [1.29, 1.82) is 0 Å². The van der Waals surface area contributed by atoms with Crippen molar-refractivity contribution < 1.29 is 19.8 Å². The Balaban J connectivity index is 2.12. The largest absolute Gasteiger partial charge is 0.391 e. The molecular formula is C17H18N2O4. The van der Waals surface area contributed by atoms with E-state index in [2.05, 4.69) is 10.3 Å². The van der Waals surface area contributed by atoms with Gasteiger partial charge in [0.15, 0.2) is 5.78 Å². The normalized spacial score (nSPS) is 13.2. The van der Waals surface area contributed by atoms with E-state index >= 15 is 0 Å². The van der Waals surface area contributed by atoms with Gasteiger partial charge in [0.05, 0.1) is 6.10 Å². The molecule has 0 aliphatic rings. The van der Waals surface area contributed by atoms with Crippen molar-refractivity contribution in [2.24, 2.45) is 0 Å². The first-order valence-electron chi connectivity index (χ1n) is 7.16. The van der Waals surface area contributed by atoms with Crippen LogP contribution in [0, 0.1) is 0 Å². The van der Waals surface area contributed by atoms with E-state index in [0.29, 0.717) is 5.56 Å². The molecule has 0 radical (unpaired) electrons. The standard InChI is InChI=1S/C17H18N2O4/c1-11(21)16(15(22)10-20)19-17(23)13-6-4-12(5-7-13)14-3-2-8-18-9-14/h2-9,11,16,20-21H,10H2,1H3,(H,19,23)/t11-,16+/m1/s1. The quantitative estimate of drug-likeness (QED) is 0.732. The average molecular weight is 314 g/mol. The van der Waals surface area contributed by atoms with Gasteiger partial charge >= 0.3 is 0 Å². The molecule has 1 aromatic heterocycles. The van der Waals surface area contributed by atoms with E-state index in [1.807, 2.05) is 12.1 Å². The first-order valence-corrected chi connectivity index (χ1v) is 7.16. The Bertz CT molecular complexity index is 669. The number of aliphatic hydroxyl groups is 2. The van der Waals surface area contributed by atoms with Gasteiger partial charge < -0.3 is 15.5 Å². The third kappa shape index (κ3) is 4.21. The van der Waals surface area contributed by atoms with Gasteiger partial charge in [-0.2, -0.15) is 0 Å². The molecule has 23 heavy (non-hydrogen) atoms. The molecule has 0 spiro atoms. The summed E-state index contributed by atoms with van der Waals surface area (Å²) in [5.74, 6) is -1.13. The van der Waals surface area contributed by atoms with E-state index in [9.17, 15) is 14.7 Å². The minimum Gasteiger partial charge on any atom is -0.391 e. The molecule has 2 atom stereocenters. The number of ketones is 1. The van der Waals surface area contributed by atoms with Crippen LogP contribution in [0.3, 0.4) is 0 Å². The summed E-state index contributed by atoms with van der Waals surface area (Å²) in [5.41, 5.74) is 2.19. The van der Waals surface area contributed by atoms with E-state index < -0.39 is 30.4 Å². The summed E-state index contributed by atoms with van der Waals surface area (Å²) in [5, 5.41) is 20.9. The Morgan fingerprint density at radius 2 is 1.87 bits per heavy atom. The molecule has 2 aromatic rings. The van der Waals surface area contributed by atoms with E-state index in [1.165, 1.54) is 6.92 Å². The lowest BCUT2D eigenvalue weighted by atomic mass is 10.0. The fourth-order valence-electron chi connectivity index (χ4n) is 2.14. The van der Waals surface area contributed by atoms with Crippen LogP contribution in [-0.2, 0) is 4.79 Å². The first-order chi connectivity index (χ1) is 11.0. The van der Waals surface area contributed by atoms with Crippen LogP contribution < -0.4 is 5.32 Å². The number of rotatable bonds is 6. The third-order valence-corrected chi connectivity index (χ3v) is 3.41. The molecule has 1 heterocycles. The number of Topliss-reactive ketones (excluding diaryl/α,β-unsaturated/α-hetero) is 1. The Hall–Kier alpha value is -2.57. The van der Waals surface area contributed by atoms with E-state index in [-0.39, 0.29) is 0 Å². The van der Waals surface area contributed by atoms with Gasteiger partial charge in [0, 0.05) is 18.0 Å². The van der Waals surface area contributed by atoms with Gasteiger partial charge in [-0.25, -0.2) is 0 Å². The average Bonchev–Trinajstić information content (AvgIpc) is 2.59. The zero-order valence-electron chi connectivity index (χ0n) is 12.6. The van der Waals surface area contributed by atoms with E-state index in [1.54, 1.807) is 36.7 Å². The summed E-state index contributed by atoms with van der Waals surface area (Å²) in [6.07, 6.45) is 2.31. The second kappa shape index (κ2) is 7.62. The fraction of sp³-hybridized carbons (Fsp3) is 0.235. The lowest BCUT2D eigenvalue weighted by Crippen LogP contribution is -2.48. The van der Waals surface area contributed by atoms with Gasteiger partial charge in [0.2, 0.25) is 0 Å². The second-order valence-electron chi connectivity index (χ2n) is 5.14. The molecule has 0 aliphatic heterocycles. The number of pyridine rings is 1. The topological polar surface area (TPSA) is 99.5 Å². The van der Waals surface area contributed by atoms with Gasteiger partial charge in [-0.15, -0.1) is 0 Å². The molecular weight excluding hydrogens is 296 g/mol. The van der Waals surface area contributed by atoms with Gasteiger partial charge in [-0.3, -0.25) is 14.6 Å². The summed E-state index contributed by atoms with van der Waals surface area (Å²) in [6, 6.07) is 9.40. The van der Waals surface area contributed by atoms with Crippen molar-refractivity contribution in [2.75, 3.05) is 6.61 Å². The van der Waals surface area contributed by atoms with Crippen LogP contribution in [0.15, 0.2) is 48.8 Å². The molecule has 0 saturated heterocycles. The molecule has 2 rings (SSSR count). The molecule has 1 aromatic carbocycles. The summed E-state index contributed by atoms with van der Waals surface area (Å²) in [4.78, 5) is 27.7. The number of amides is 1. The van der Waals surface area contributed by atoms with Gasteiger partial charge in [0.1, 0.15) is 12.6 Å². The number of aromatic nitrogens is 1. The number of benzene rings is 1. The van der Waals surface area contributed by atoms with Crippen molar-refractivity contribution in [3.63, 3.8) is 0 Å². The van der Waals surface area contributed by atoms with Crippen LogP contribution in [0.4, 0.5) is 0 Å². The van der Waals surface area contributed by atoms with Gasteiger partial charge in [0.25, 0.3) is 5.91 Å². The smallest absolute Gasteiger partial charge is 0.251 e. The number of carbonyl (C=O) groups is 2. The Morgan fingerprint density at radius 1 is 1.17 bits per heavy atom. The molecule has 0 fully saturated rings. The molecule has 0 saturated carbocycles. The van der Waals surface area contributed by atoms with Crippen molar-refractivity contribution in [3.05, 3.63) is 54.4 Å². The number of hydrogen-bond donors (Lipinski definition) is 3. The third-order valence-electron chi connectivity index (χ3n) is 3.41. The number of hydrogen-bond acceptors (Lipinski definition) is 5. The number of nitrogens with zero attached hydrogens (tertiary/aromatic N) is 1. The van der Waals surface area contributed by atoms with Crippen LogP contribution in [0.5, 0.6) is 0 Å². The maximum absolute atomic E-state index is 12.2. The zero-order valence-corrected chi connectivity index (χ0v) is 12.6. The predicted molar refractivity (Wildman–Crippen MR) is 84.7 cm³/mol. The van der Waals surface area contributed by atoms with Crippen molar-refractivity contribution >= 4 is 11.7 Å². The van der Waals surface area contributed by atoms with Crippen LogP contribution in [0.1, 0.15) is 17.3 Å². The SMILES string of the molecule is C[C@@H](O)[C@H](NC(=O)c1ccc(-c2cccnc2)cc1)C(=O)CO. The molecule has 6 heteroatoms. The highest BCUT2D eigenvalue weighted by Crippen LogP contribution is 2.18. The van der Waals surface area contributed by atoms with Crippen LogP contribution in [0.2, 0.25) is 0 Å². The Labute approximate surface area is 133 Å². The lowest BCUT2D eigenvalue weighted by molar-refractivity contribution is -0.125. The molecule has 0 aliphatic carbocycles. The zero-order chi connectivity index (χ0) is 16.8. The molecule has 6 nitrogen and oxygen atoms in total. The van der Waals surface area contributed by atoms with Crippen LogP contribution >= 0.6 is 0 Å². The number of nitrogens with one attached hydrogen (secondary N) is 1. The van der Waals surface area contributed by atoms with Crippen molar-refractivity contribution in [2.45, 2.75) is 19.1 Å². The minimum atomic E-state index is -1.13. The van der Waals surface area contributed by atoms with Crippen LogP contribution in [-0.4, -0.2) is 45.6 Å². The van der Waals surface area contributed by atoms with Crippen molar-refractivity contribution in [3.8, 4) is 11.1 Å². The monoisotopic (exact) mass is 314 g/mol. The van der Waals surface area contributed by atoms with E-state index in [4.69, 9.17) is 5.11 Å². The lowest BCUT2D eigenvalue weighted by Gasteiger charge is -2.19.